The molecule has 1 saturated heterocycles. The van der Waals surface area contributed by atoms with Crippen molar-refractivity contribution >= 4 is 22.7 Å². The predicted molar refractivity (Wildman–Crippen MR) is 79.6 cm³/mol. The van der Waals surface area contributed by atoms with Gasteiger partial charge >= 0.3 is 5.97 Å². The average Bonchev–Trinajstić information content (AvgIpc) is 2.81. The number of nitrogens with zero attached hydrogens (tertiary/aromatic N) is 1. The second-order valence-corrected chi connectivity index (χ2v) is 5.53. The topological polar surface area (TPSA) is 146 Å². The smallest absolute Gasteiger partial charge is 0.335 e. The highest BCUT2D eigenvalue weighted by Gasteiger charge is 2.46. The third kappa shape index (κ3) is 2.62. The van der Waals surface area contributed by atoms with Crippen molar-refractivity contribution in [3.05, 3.63) is 35.4 Å². The van der Waals surface area contributed by atoms with E-state index in [0.717, 1.165) is 0 Å². The fraction of sp³-hybridized carbons (Fsp3) is 0.333. The molecule has 0 aliphatic carbocycles. The first-order valence-electron chi connectivity index (χ1n) is 6.97. The maximum Gasteiger partial charge on any atom is 0.335 e. The highest BCUT2D eigenvalue weighted by Crippen LogP contribution is 2.40. The van der Waals surface area contributed by atoms with Gasteiger partial charge in [-0.25, -0.2) is 9.78 Å². The molecule has 1 aromatic heterocycles. The summed E-state index contributed by atoms with van der Waals surface area (Å²) < 4.78 is 5.37. The zero-order valence-corrected chi connectivity index (χ0v) is 12.0. The summed E-state index contributed by atoms with van der Waals surface area (Å²) >= 11 is 0. The van der Waals surface area contributed by atoms with Crippen molar-refractivity contribution < 1.29 is 30.0 Å². The lowest BCUT2D eigenvalue weighted by Crippen LogP contribution is -2.28. The van der Waals surface area contributed by atoms with Crippen molar-refractivity contribution in [2.45, 2.75) is 24.4 Å². The molecule has 1 fully saturated rings. The number of hydrogen-bond donors (Lipinski definition) is 5. The largest absolute Gasteiger partial charge is 0.478 e. The summed E-state index contributed by atoms with van der Waals surface area (Å²) in [4.78, 5) is 15.4. The van der Waals surface area contributed by atoms with E-state index in [-0.39, 0.29) is 23.4 Å². The summed E-state index contributed by atoms with van der Waals surface area (Å²) in [7, 11) is 0. The van der Waals surface area contributed by atoms with Gasteiger partial charge in [-0.05, 0) is 24.3 Å². The van der Waals surface area contributed by atoms with Crippen LogP contribution >= 0.6 is 0 Å². The maximum atomic E-state index is 11.3. The monoisotopic (exact) mass is 320 g/mol. The number of aliphatic hydroxyl groups is 3. The van der Waals surface area contributed by atoms with E-state index in [4.69, 9.17) is 10.5 Å². The SMILES string of the molecule is Nc1ccc2c([C@@]3(O)C[C@H](O)[C@@H](CO)O3)cc(C(=O)O)cc2n1. The van der Waals surface area contributed by atoms with Crippen LogP contribution in [-0.4, -0.2) is 50.2 Å². The number of nitrogens with two attached hydrogens (primary N) is 1. The number of aliphatic hydroxyl groups excluding tert-OH is 2. The number of ether oxygens (including phenoxy) is 1. The molecule has 0 saturated carbocycles. The number of rotatable bonds is 3. The standard InChI is InChI=1S/C15H16N2O6/c16-13-2-1-8-9(3-7(14(20)21)4-10(8)17-13)15(22)5-11(19)12(6-18)23-15/h1-4,11-12,18-19,22H,5-6H2,(H2,16,17)(H,20,21)/t11-,12+,15+/m0/s1. The van der Waals surface area contributed by atoms with E-state index in [1.165, 1.54) is 18.2 Å². The van der Waals surface area contributed by atoms with Crippen molar-refractivity contribution in [3.63, 3.8) is 0 Å². The Morgan fingerprint density at radius 1 is 1.43 bits per heavy atom. The van der Waals surface area contributed by atoms with E-state index in [0.29, 0.717) is 10.9 Å². The Hall–Kier alpha value is -2.26. The molecule has 1 aromatic carbocycles. The van der Waals surface area contributed by atoms with Gasteiger partial charge in [0.2, 0.25) is 0 Å². The van der Waals surface area contributed by atoms with E-state index < -0.39 is 30.6 Å². The van der Waals surface area contributed by atoms with Crippen LogP contribution in [0.1, 0.15) is 22.3 Å². The third-order valence-electron chi connectivity index (χ3n) is 3.94. The average molecular weight is 320 g/mol. The molecule has 0 amide bonds. The first-order valence-corrected chi connectivity index (χ1v) is 6.97. The molecule has 23 heavy (non-hydrogen) atoms. The second kappa shape index (κ2) is 5.43. The number of pyridine rings is 1. The van der Waals surface area contributed by atoms with Crippen LogP contribution in [0, 0.1) is 0 Å². The quantitative estimate of drug-likeness (QED) is 0.522. The van der Waals surface area contributed by atoms with Crippen molar-refractivity contribution in [2.24, 2.45) is 0 Å². The third-order valence-corrected chi connectivity index (χ3v) is 3.94. The summed E-state index contributed by atoms with van der Waals surface area (Å²) in [5, 5.41) is 39.5. The molecule has 122 valence electrons. The van der Waals surface area contributed by atoms with Crippen LogP contribution in [0.5, 0.6) is 0 Å². The van der Waals surface area contributed by atoms with E-state index in [1.54, 1.807) is 6.07 Å². The number of carboxylic acid groups (broad SMARTS) is 1. The Bertz CT molecular complexity index is 780. The molecule has 3 rings (SSSR count). The molecule has 2 heterocycles. The fourth-order valence-corrected chi connectivity index (χ4v) is 2.82. The molecule has 3 atom stereocenters. The normalized spacial score (nSPS) is 27.4. The summed E-state index contributed by atoms with van der Waals surface area (Å²) in [6.45, 7) is -0.467. The van der Waals surface area contributed by atoms with E-state index in [1.807, 2.05) is 0 Å². The molecular weight excluding hydrogens is 304 g/mol. The van der Waals surface area contributed by atoms with Gasteiger partial charge in [0.05, 0.1) is 23.8 Å². The number of anilines is 1. The molecule has 0 spiro atoms. The zero-order chi connectivity index (χ0) is 16.8. The number of aromatic nitrogens is 1. The minimum atomic E-state index is -1.92. The summed E-state index contributed by atoms with van der Waals surface area (Å²) in [5.41, 5.74) is 5.99. The summed E-state index contributed by atoms with van der Waals surface area (Å²) in [5.74, 6) is -2.91. The lowest BCUT2D eigenvalue weighted by atomic mass is 9.94. The van der Waals surface area contributed by atoms with Crippen LogP contribution in [0.25, 0.3) is 10.9 Å². The number of nitrogen functional groups attached to an aromatic ring is 1. The number of hydrogen-bond acceptors (Lipinski definition) is 7. The first kappa shape index (κ1) is 15.6. The number of carboxylic acids is 1. The summed E-state index contributed by atoms with van der Waals surface area (Å²) in [6, 6.07) is 5.73. The molecule has 8 heteroatoms. The lowest BCUT2D eigenvalue weighted by molar-refractivity contribution is -0.205. The van der Waals surface area contributed by atoms with Crippen LogP contribution in [0.4, 0.5) is 5.82 Å². The minimum Gasteiger partial charge on any atom is -0.478 e. The molecule has 1 aliphatic heterocycles. The predicted octanol–water partition coefficient (Wildman–Crippen LogP) is -0.198. The molecule has 1 aliphatic rings. The number of benzene rings is 1. The fourth-order valence-electron chi connectivity index (χ4n) is 2.82. The molecular formula is C15H16N2O6. The van der Waals surface area contributed by atoms with Crippen LogP contribution in [0.3, 0.4) is 0 Å². The highest BCUT2D eigenvalue weighted by atomic mass is 16.6. The van der Waals surface area contributed by atoms with Crippen molar-refractivity contribution in [3.8, 4) is 0 Å². The van der Waals surface area contributed by atoms with E-state index in [9.17, 15) is 25.2 Å². The van der Waals surface area contributed by atoms with Crippen molar-refractivity contribution in [2.75, 3.05) is 12.3 Å². The summed E-state index contributed by atoms with van der Waals surface area (Å²) in [6.07, 6.45) is -2.22. The zero-order valence-electron chi connectivity index (χ0n) is 12.0. The van der Waals surface area contributed by atoms with Crippen molar-refractivity contribution in [1.29, 1.82) is 0 Å². The lowest BCUT2D eigenvalue weighted by Gasteiger charge is -2.25. The molecule has 0 radical (unpaired) electrons. The van der Waals surface area contributed by atoms with Gasteiger partial charge in [0, 0.05) is 17.4 Å². The Morgan fingerprint density at radius 3 is 2.78 bits per heavy atom. The molecule has 0 bridgehead atoms. The van der Waals surface area contributed by atoms with Gasteiger partial charge in [-0.3, -0.25) is 0 Å². The molecule has 6 N–H and O–H groups in total. The highest BCUT2D eigenvalue weighted by molar-refractivity contribution is 5.95. The molecule has 8 nitrogen and oxygen atoms in total. The Morgan fingerprint density at radius 2 is 2.17 bits per heavy atom. The minimum absolute atomic E-state index is 0.0930. The van der Waals surface area contributed by atoms with Gasteiger partial charge in [-0.2, -0.15) is 0 Å². The number of carbonyl (C=O) groups is 1. The van der Waals surface area contributed by atoms with Gasteiger partial charge in [0.25, 0.3) is 0 Å². The van der Waals surface area contributed by atoms with Gasteiger partial charge in [-0.15, -0.1) is 0 Å². The van der Waals surface area contributed by atoms with Gasteiger partial charge in [0.1, 0.15) is 11.9 Å². The number of fused-ring (bicyclic) bond motifs is 1. The van der Waals surface area contributed by atoms with E-state index >= 15 is 0 Å². The van der Waals surface area contributed by atoms with Crippen LogP contribution < -0.4 is 5.73 Å². The van der Waals surface area contributed by atoms with Crippen LogP contribution in [0.2, 0.25) is 0 Å². The Kier molecular flexibility index (Phi) is 3.69. The van der Waals surface area contributed by atoms with Gasteiger partial charge in [0.15, 0.2) is 5.79 Å². The second-order valence-electron chi connectivity index (χ2n) is 5.53. The number of aromatic carboxylic acids is 1. The maximum absolute atomic E-state index is 11.3. The van der Waals surface area contributed by atoms with E-state index in [2.05, 4.69) is 4.98 Å². The Labute approximate surface area is 130 Å². The van der Waals surface area contributed by atoms with Crippen LogP contribution in [0.15, 0.2) is 24.3 Å². The van der Waals surface area contributed by atoms with Gasteiger partial charge in [-0.1, -0.05) is 0 Å². The first-order chi connectivity index (χ1) is 10.8. The van der Waals surface area contributed by atoms with Gasteiger partial charge < -0.3 is 30.9 Å². The van der Waals surface area contributed by atoms with Crippen molar-refractivity contribution in [1.82, 2.24) is 4.98 Å². The molecule has 0 unspecified atom stereocenters. The Balaban J connectivity index is 2.21. The van der Waals surface area contributed by atoms with Crippen LogP contribution in [-0.2, 0) is 10.5 Å². The molecule has 2 aromatic rings.